The molecule has 2 aromatic rings. The second kappa shape index (κ2) is 10.6. The van der Waals surface area contributed by atoms with Gasteiger partial charge in [-0.3, -0.25) is 24.1 Å². The van der Waals surface area contributed by atoms with Crippen LogP contribution in [0.3, 0.4) is 0 Å². The van der Waals surface area contributed by atoms with E-state index < -0.39 is 28.8 Å². The number of imide groups is 1. The maximum Gasteiger partial charge on any atom is 0.293 e. The minimum atomic E-state index is -0.727. The largest absolute Gasteiger partial charge is 0.353 e. The Bertz CT molecular complexity index is 1130. The van der Waals surface area contributed by atoms with Crippen molar-refractivity contribution >= 4 is 64.0 Å². The number of halogens is 3. The third kappa shape index (κ3) is 5.87. The number of hydrogen-bond acceptors (Lipinski definition) is 5. The van der Waals surface area contributed by atoms with Gasteiger partial charge in [0.15, 0.2) is 0 Å². The van der Waals surface area contributed by atoms with Crippen LogP contribution in [0.1, 0.15) is 15.9 Å². The zero-order valence-electron chi connectivity index (χ0n) is 16.4. The molecule has 0 radical (unpaired) electrons. The quantitative estimate of drug-likeness (QED) is 0.570. The van der Waals surface area contributed by atoms with E-state index in [-0.39, 0.29) is 30.1 Å². The maximum atomic E-state index is 13.6. The van der Waals surface area contributed by atoms with Crippen LogP contribution in [0.4, 0.5) is 9.18 Å². The first-order chi connectivity index (χ1) is 15.3. The van der Waals surface area contributed by atoms with E-state index in [9.17, 15) is 23.6 Å². The first kappa shape index (κ1) is 23.8. The van der Waals surface area contributed by atoms with Gasteiger partial charge in [-0.25, -0.2) is 4.39 Å². The van der Waals surface area contributed by atoms with Crippen LogP contribution in [-0.2, 0) is 9.59 Å². The van der Waals surface area contributed by atoms with Crippen molar-refractivity contribution in [2.45, 2.75) is 0 Å². The van der Waals surface area contributed by atoms with Crippen LogP contribution in [0, 0.1) is 5.82 Å². The lowest BCUT2D eigenvalue weighted by molar-refractivity contribution is -0.124. The highest BCUT2D eigenvalue weighted by atomic mass is 35.5. The minimum Gasteiger partial charge on any atom is -0.353 e. The van der Waals surface area contributed by atoms with Crippen molar-refractivity contribution in [3.8, 4) is 0 Å². The number of carbonyl (C=O) groups excluding carboxylic acids is 4. The number of amides is 4. The maximum absolute atomic E-state index is 13.6. The summed E-state index contributed by atoms with van der Waals surface area (Å²) in [6.45, 7) is -0.450. The van der Waals surface area contributed by atoms with Gasteiger partial charge < -0.3 is 10.6 Å². The third-order valence-electron chi connectivity index (χ3n) is 4.31. The summed E-state index contributed by atoms with van der Waals surface area (Å²) in [6, 6.07) is 10.2. The first-order valence-electron chi connectivity index (χ1n) is 9.26. The molecule has 1 fully saturated rings. The van der Waals surface area contributed by atoms with Gasteiger partial charge in [0.1, 0.15) is 5.82 Å². The Kier molecular flexibility index (Phi) is 7.89. The number of nitrogens with zero attached hydrogens (tertiary/aromatic N) is 1. The molecule has 2 aromatic carbocycles. The second-order valence-electron chi connectivity index (χ2n) is 6.51. The molecule has 1 aliphatic rings. The summed E-state index contributed by atoms with van der Waals surface area (Å²) in [5.41, 5.74) is 0.367. The van der Waals surface area contributed by atoms with E-state index in [1.54, 1.807) is 12.1 Å². The number of rotatable bonds is 7. The number of carbonyl (C=O) groups is 4. The fourth-order valence-corrected chi connectivity index (χ4v) is 4.04. The van der Waals surface area contributed by atoms with E-state index >= 15 is 0 Å². The molecule has 4 amide bonds. The molecule has 0 spiro atoms. The van der Waals surface area contributed by atoms with Crippen molar-refractivity contribution in [2.75, 3.05) is 19.6 Å². The highest BCUT2D eigenvalue weighted by molar-refractivity contribution is 8.18. The van der Waals surface area contributed by atoms with Crippen LogP contribution in [0.15, 0.2) is 47.4 Å². The van der Waals surface area contributed by atoms with E-state index in [0.717, 1.165) is 22.7 Å². The van der Waals surface area contributed by atoms with Gasteiger partial charge >= 0.3 is 0 Å². The Morgan fingerprint density at radius 3 is 2.56 bits per heavy atom. The van der Waals surface area contributed by atoms with Gasteiger partial charge in [-0.05, 0) is 47.7 Å². The first-order valence-corrected chi connectivity index (χ1v) is 10.8. The topological polar surface area (TPSA) is 95.6 Å². The molecule has 2 N–H and O–H groups in total. The summed E-state index contributed by atoms with van der Waals surface area (Å²) in [5.74, 6) is -2.48. The summed E-state index contributed by atoms with van der Waals surface area (Å²) in [5, 5.41) is 5.11. The van der Waals surface area contributed by atoms with Crippen LogP contribution in [0.5, 0.6) is 0 Å². The Morgan fingerprint density at radius 1 is 1.09 bits per heavy atom. The molecular formula is C21H16Cl2FN3O4S. The molecule has 0 aromatic heterocycles. The molecule has 0 bridgehead atoms. The van der Waals surface area contributed by atoms with Gasteiger partial charge in [0, 0.05) is 23.1 Å². The zero-order chi connectivity index (χ0) is 23.3. The van der Waals surface area contributed by atoms with Crippen molar-refractivity contribution in [3.05, 3.63) is 74.4 Å². The molecule has 166 valence electrons. The molecule has 1 heterocycles. The zero-order valence-corrected chi connectivity index (χ0v) is 18.7. The van der Waals surface area contributed by atoms with Crippen molar-refractivity contribution in [3.63, 3.8) is 0 Å². The number of hydrogen-bond donors (Lipinski definition) is 2. The molecule has 0 unspecified atom stereocenters. The molecule has 1 aliphatic heterocycles. The Balaban J connectivity index is 1.49. The van der Waals surface area contributed by atoms with Gasteiger partial charge in [-0.15, -0.1) is 0 Å². The van der Waals surface area contributed by atoms with Crippen molar-refractivity contribution in [1.82, 2.24) is 15.5 Å². The van der Waals surface area contributed by atoms with Crippen LogP contribution in [-0.4, -0.2) is 47.5 Å². The Morgan fingerprint density at radius 2 is 1.84 bits per heavy atom. The van der Waals surface area contributed by atoms with Gasteiger partial charge in [0.25, 0.3) is 17.1 Å². The predicted octanol–water partition coefficient (Wildman–Crippen LogP) is 3.72. The second-order valence-corrected chi connectivity index (χ2v) is 8.35. The Labute approximate surface area is 196 Å². The molecule has 0 saturated carbocycles. The van der Waals surface area contributed by atoms with Gasteiger partial charge in [0.2, 0.25) is 5.91 Å². The lowest BCUT2D eigenvalue weighted by Crippen LogP contribution is -2.41. The molecule has 3 rings (SSSR count). The standard InChI is InChI=1S/C21H16Cl2FN3O4S/c22-13-6-5-12(15(23)10-13)9-17-20(30)27(21(31)32-17)8-7-25-18(28)11-26-19(29)14-3-1-2-4-16(14)24/h1-6,9-10H,7-8,11H2,(H,25,28)(H,26,29). The van der Waals surface area contributed by atoms with Gasteiger partial charge in [-0.1, -0.05) is 41.4 Å². The highest BCUT2D eigenvalue weighted by Gasteiger charge is 2.34. The van der Waals surface area contributed by atoms with Crippen LogP contribution >= 0.6 is 35.0 Å². The van der Waals surface area contributed by atoms with Gasteiger partial charge in [-0.2, -0.15) is 0 Å². The summed E-state index contributed by atoms with van der Waals surface area (Å²) >= 11 is 12.7. The summed E-state index contributed by atoms with van der Waals surface area (Å²) in [7, 11) is 0. The molecule has 0 aliphatic carbocycles. The van der Waals surface area contributed by atoms with E-state index in [1.807, 2.05) is 0 Å². The van der Waals surface area contributed by atoms with Crippen LogP contribution < -0.4 is 10.6 Å². The van der Waals surface area contributed by atoms with E-state index in [0.29, 0.717) is 15.6 Å². The van der Waals surface area contributed by atoms with E-state index in [4.69, 9.17) is 23.2 Å². The summed E-state index contributed by atoms with van der Waals surface area (Å²) in [4.78, 5) is 49.7. The van der Waals surface area contributed by atoms with Gasteiger partial charge in [0.05, 0.1) is 17.0 Å². The monoisotopic (exact) mass is 495 g/mol. The average molecular weight is 496 g/mol. The smallest absolute Gasteiger partial charge is 0.293 e. The summed E-state index contributed by atoms with van der Waals surface area (Å²) in [6.07, 6.45) is 1.50. The molecule has 0 atom stereocenters. The third-order valence-corrected chi connectivity index (χ3v) is 5.78. The fourth-order valence-electron chi connectivity index (χ4n) is 2.72. The van der Waals surface area contributed by atoms with Crippen LogP contribution in [0.2, 0.25) is 10.0 Å². The SMILES string of the molecule is O=C(CNC(=O)c1ccccc1F)NCCN1C(=O)SC(=Cc2ccc(Cl)cc2Cl)C1=O. The van der Waals surface area contributed by atoms with Crippen molar-refractivity contribution < 1.29 is 23.6 Å². The van der Waals surface area contributed by atoms with Crippen molar-refractivity contribution in [2.24, 2.45) is 0 Å². The minimum absolute atomic E-state index is 0.0125. The number of thioether (sulfide) groups is 1. The molecular weight excluding hydrogens is 480 g/mol. The van der Waals surface area contributed by atoms with E-state index in [1.165, 1.54) is 30.3 Å². The fraction of sp³-hybridized carbons (Fsp3) is 0.143. The Hall–Kier alpha value is -2.88. The molecule has 1 saturated heterocycles. The number of benzene rings is 2. The van der Waals surface area contributed by atoms with E-state index in [2.05, 4.69) is 10.6 Å². The normalized spacial score (nSPS) is 14.7. The lowest BCUT2D eigenvalue weighted by atomic mass is 10.2. The molecule has 7 nitrogen and oxygen atoms in total. The predicted molar refractivity (Wildman–Crippen MR) is 121 cm³/mol. The van der Waals surface area contributed by atoms with Crippen molar-refractivity contribution in [1.29, 1.82) is 0 Å². The molecule has 32 heavy (non-hydrogen) atoms. The lowest BCUT2D eigenvalue weighted by Gasteiger charge is -2.13. The van der Waals surface area contributed by atoms with Crippen LogP contribution in [0.25, 0.3) is 6.08 Å². The molecule has 11 heteroatoms. The summed E-state index contributed by atoms with van der Waals surface area (Å²) < 4.78 is 13.6. The average Bonchev–Trinajstić information content (AvgIpc) is 3.01. The number of nitrogens with one attached hydrogen (secondary N) is 2. The highest BCUT2D eigenvalue weighted by Crippen LogP contribution is 2.33.